The number of aryl methyl sites for hydroxylation is 1. The number of benzene rings is 1. The van der Waals surface area contributed by atoms with Crippen molar-refractivity contribution in [1.29, 1.82) is 0 Å². The van der Waals surface area contributed by atoms with Crippen molar-refractivity contribution < 1.29 is 9.90 Å². The molecule has 0 saturated heterocycles. The van der Waals surface area contributed by atoms with Crippen LogP contribution < -0.4 is 4.90 Å². The first-order valence-electron chi connectivity index (χ1n) is 7.08. The monoisotopic (exact) mass is 297 g/mol. The van der Waals surface area contributed by atoms with Crippen molar-refractivity contribution in [2.24, 2.45) is 0 Å². The number of carboxylic acids is 1. The van der Waals surface area contributed by atoms with Gasteiger partial charge in [0, 0.05) is 19.3 Å². The molecule has 5 heteroatoms. The van der Waals surface area contributed by atoms with Gasteiger partial charge in [-0.2, -0.15) is 0 Å². The molecule has 0 spiro atoms. The lowest BCUT2D eigenvalue weighted by atomic mass is 10.2. The highest BCUT2D eigenvalue weighted by Gasteiger charge is 2.14. The van der Waals surface area contributed by atoms with Crippen LogP contribution >= 0.6 is 0 Å². The van der Waals surface area contributed by atoms with Crippen LogP contribution in [0.25, 0.3) is 0 Å². The zero-order chi connectivity index (χ0) is 15.9. The number of hydrogen-bond acceptors (Lipinski definition) is 4. The fourth-order valence-electron chi connectivity index (χ4n) is 2.12. The summed E-state index contributed by atoms with van der Waals surface area (Å²) in [5.74, 6) is -0.474. The summed E-state index contributed by atoms with van der Waals surface area (Å²) in [6.07, 6.45) is 4.01. The van der Waals surface area contributed by atoms with Crippen LogP contribution in [0.1, 0.15) is 28.0 Å². The first-order valence-corrected chi connectivity index (χ1v) is 7.08. The summed E-state index contributed by atoms with van der Waals surface area (Å²) in [4.78, 5) is 21.6. The Bertz CT molecular complexity index is 656. The largest absolute Gasteiger partial charge is 0.478 e. The van der Waals surface area contributed by atoms with Crippen LogP contribution in [0.5, 0.6) is 0 Å². The third-order valence-electron chi connectivity index (χ3n) is 3.30. The zero-order valence-electron chi connectivity index (χ0n) is 12.6. The Morgan fingerprint density at radius 1 is 1.36 bits per heavy atom. The maximum atomic E-state index is 11.1. The van der Waals surface area contributed by atoms with Crippen LogP contribution in [-0.4, -0.2) is 27.6 Å². The standard InChI is InChI=1S/C17H19N3O2/c1-3-4-10-20(12-14-8-6-5-7-9-14)17-18-11-15(16(21)22)13(2)19-17/h3,5-9,11H,1,4,10,12H2,2H3,(H,21,22). The summed E-state index contributed by atoms with van der Waals surface area (Å²) >= 11 is 0. The first kappa shape index (κ1) is 15.7. The van der Waals surface area contributed by atoms with E-state index in [1.165, 1.54) is 6.20 Å². The number of anilines is 1. The van der Waals surface area contributed by atoms with Crippen molar-refractivity contribution >= 4 is 11.9 Å². The van der Waals surface area contributed by atoms with Crippen LogP contribution in [0.3, 0.4) is 0 Å². The van der Waals surface area contributed by atoms with Crippen molar-refractivity contribution in [3.8, 4) is 0 Å². The fourth-order valence-corrected chi connectivity index (χ4v) is 2.12. The van der Waals surface area contributed by atoms with Gasteiger partial charge < -0.3 is 10.0 Å². The molecule has 0 aliphatic carbocycles. The molecule has 0 atom stereocenters. The predicted molar refractivity (Wildman–Crippen MR) is 86.0 cm³/mol. The van der Waals surface area contributed by atoms with Crippen molar-refractivity contribution in [2.45, 2.75) is 19.9 Å². The van der Waals surface area contributed by atoms with E-state index in [1.807, 2.05) is 41.3 Å². The Morgan fingerprint density at radius 3 is 2.68 bits per heavy atom. The highest BCUT2D eigenvalue weighted by molar-refractivity contribution is 5.88. The highest BCUT2D eigenvalue weighted by atomic mass is 16.4. The van der Waals surface area contributed by atoms with Gasteiger partial charge in [0.25, 0.3) is 0 Å². The Balaban J connectivity index is 2.26. The number of carbonyl (C=O) groups is 1. The summed E-state index contributed by atoms with van der Waals surface area (Å²) in [6.45, 7) is 6.82. The lowest BCUT2D eigenvalue weighted by Crippen LogP contribution is -2.26. The summed E-state index contributed by atoms with van der Waals surface area (Å²) in [7, 11) is 0. The van der Waals surface area contributed by atoms with E-state index in [9.17, 15) is 4.79 Å². The van der Waals surface area contributed by atoms with E-state index in [4.69, 9.17) is 5.11 Å². The molecule has 0 aliphatic rings. The van der Waals surface area contributed by atoms with Crippen LogP contribution in [0, 0.1) is 6.92 Å². The number of rotatable bonds is 7. The molecule has 22 heavy (non-hydrogen) atoms. The minimum Gasteiger partial charge on any atom is -0.478 e. The van der Waals surface area contributed by atoms with Crippen molar-refractivity contribution in [3.63, 3.8) is 0 Å². The normalized spacial score (nSPS) is 10.2. The molecule has 5 nitrogen and oxygen atoms in total. The highest BCUT2D eigenvalue weighted by Crippen LogP contribution is 2.15. The van der Waals surface area contributed by atoms with Gasteiger partial charge in [-0.15, -0.1) is 6.58 Å². The number of aromatic nitrogens is 2. The summed E-state index contributed by atoms with van der Waals surface area (Å²) in [5.41, 5.74) is 1.75. The minimum atomic E-state index is -1.01. The molecule has 1 aromatic heterocycles. The van der Waals surface area contributed by atoms with E-state index < -0.39 is 5.97 Å². The van der Waals surface area contributed by atoms with E-state index in [1.54, 1.807) is 6.92 Å². The van der Waals surface area contributed by atoms with Gasteiger partial charge in [0.2, 0.25) is 5.95 Å². The maximum Gasteiger partial charge on any atom is 0.339 e. The molecule has 0 aliphatic heterocycles. The van der Waals surface area contributed by atoms with E-state index >= 15 is 0 Å². The summed E-state index contributed by atoms with van der Waals surface area (Å²) in [6, 6.07) is 10.0. The molecule has 0 radical (unpaired) electrons. The topological polar surface area (TPSA) is 66.3 Å². The average molecular weight is 297 g/mol. The van der Waals surface area contributed by atoms with Gasteiger partial charge in [-0.1, -0.05) is 36.4 Å². The number of hydrogen-bond donors (Lipinski definition) is 1. The molecule has 1 aromatic carbocycles. The minimum absolute atomic E-state index is 0.132. The zero-order valence-corrected chi connectivity index (χ0v) is 12.6. The van der Waals surface area contributed by atoms with Crippen molar-refractivity contribution in [2.75, 3.05) is 11.4 Å². The second kappa shape index (κ2) is 7.36. The summed E-state index contributed by atoms with van der Waals surface area (Å²) in [5, 5.41) is 9.06. The molecule has 2 rings (SSSR count). The molecule has 1 heterocycles. The molecule has 0 bridgehead atoms. The van der Waals surface area contributed by atoms with Gasteiger partial charge in [-0.3, -0.25) is 0 Å². The van der Waals surface area contributed by atoms with Crippen molar-refractivity contribution in [3.05, 3.63) is 66.0 Å². The van der Waals surface area contributed by atoms with E-state index in [2.05, 4.69) is 16.5 Å². The SMILES string of the molecule is C=CCCN(Cc1ccccc1)c1ncc(C(=O)O)c(C)n1. The number of carboxylic acid groups (broad SMARTS) is 1. The maximum absolute atomic E-state index is 11.1. The molecule has 114 valence electrons. The van der Waals surface area contributed by atoms with Crippen LogP contribution in [-0.2, 0) is 6.54 Å². The van der Waals surface area contributed by atoms with Crippen LogP contribution in [0.2, 0.25) is 0 Å². The molecule has 2 aromatic rings. The van der Waals surface area contributed by atoms with Crippen LogP contribution in [0.4, 0.5) is 5.95 Å². The van der Waals surface area contributed by atoms with Gasteiger partial charge in [-0.25, -0.2) is 14.8 Å². The predicted octanol–water partition coefficient (Wildman–Crippen LogP) is 3.07. The Labute approximate surface area is 130 Å². The molecule has 1 N–H and O–H groups in total. The molecule has 0 saturated carbocycles. The molecule has 0 amide bonds. The molecule has 0 fully saturated rings. The number of nitrogens with zero attached hydrogens (tertiary/aromatic N) is 3. The van der Waals surface area contributed by atoms with E-state index in [0.717, 1.165) is 18.5 Å². The van der Waals surface area contributed by atoms with Gasteiger partial charge in [0.1, 0.15) is 0 Å². The Morgan fingerprint density at radius 2 is 2.09 bits per heavy atom. The Hall–Kier alpha value is -2.69. The van der Waals surface area contributed by atoms with Crippen LogP contribution in [0.15, 0.2) is 49.2 Å². The Kier molecular flexibility index (Phi) is 5.25. The van der Waals surface area contributed by atoms with Gasteiger partial charge in [0.05, 0.1) is 11.3 Å². The van der Waals surface area contributed by atoms with Gasteiger partial charge in [-0.05, 0) is 18.9 Å². The lowest BCUT2D eigenvalue weighted by Gasteiger charge is -2.22. The second-order valence-electron chi connectivity index (χ2n) is 4.96. The third-order valence-corrected chi connectivity index (χ3v) is 3.30. The van der Waals surface area contributed by atoms with Gasteiger partial charge >= 0.3 is 5.97 Å². The van der Waals surface area contributed by atoms with E-state index in [0.29, 0.717) is 18.2 Å². The molecular formula is C17H19N3O2. The summed E-state index contributed by atoms with van der Waals surface area (Å²) < 4.78 is 0. The molecule has 0 unspecified atom stereocenters. The molecular weight excluding hydrogens is 278 g/mol. The number of aromatic carboxylic acids is 1. The lowest BCUT2D eigenvalue weighted by molar-refractivity contribution is 0.0695. The van der Waals surface area contributed by atoms with E-state index in [-0.39, 0.29) is 5.56 Å². The quantitative estimate of drug-likeness (QED) is 0.796. The third kappa shape index (κ3) is 3.91. The second-order valence-corrected chi connectivity index (χ2v) is 4.96. The first-order chi connectivity index (χ1) is 10.6. The smallest absolute Gasteiger partial charge is 0.339 e. The fraction of sp³-hybridized carbons (Fsp3) is 0.235. The average Bonchev–Trinajstić information content (AvgIpc) is 2.52. The van der Waals surface area contributed by atoms with Gasteiger partial charge in [0.15, 0.2) is 0 Å². The van der Waals surface area contributed by atoms with Crippen molar-refractivity contribution in [1.82, 2.24) is 9.97 Å².